The van der Waals surface area contributed by atoms with E-state index in [1.165, 1.54) is 6.08 Å². The average Bonchev–Trinajstić information content (AvgIpc) is 2.87. The molecule has 0 aliphatic rings. The van der Waals surface area contributed by atoms with Crippen LogP contribution in [0.1, 0.15) is 90.4 Å². The summed E-state index contributed by atoms with van der Waals surface area (Å²) in [4.78, 5) is 31.9. The van der Waals surface area contributed by atoms with Crippen LogP contribution in [0.2, 0.25) is 0 Å². The maximum absolute atomic E-state index is 12.9. The topological polar surface area (TPSA) is 85.8 Å². The van der Waals surface area contributed by atoms with Crippen LogP contribution in [0.15, 0.2) is 59.9 Å². The standard InChI is InChI=1S/C30H47N5O2/c1-9-14-26(15-10-2)33-30(37)25-16-17-27(28(20-25)34-29(36)13-5)32-24(8)31-21-22(6)23(7)35(18-11-3)19-12-4/h13,16-17,20-21,26H,5,7,9-12,14-15,18-19H2,1-4,6,8H3,(H,31,32)(H,33,37)(H,34,36)/b22-21-. The van der Waals surface area contributed by atoms with Crippen LogP contribution in [0.3, 0.4) is 0 Å². The first-order chi connectivity index (χ1) is 17.7. The molecule has 1 aromatic carbocycles. The fourth-order valence-corrected chi connectivity index (χ4v) is 4.00. The number of allylic oxidation sites excluding steroid dienone is 1. The molecule has 37 heavy (non-hydrogen) atoms. The number of carbonyl (C=O) groups is 2. The lowest BCUT2D eigenvalue weighted by atomic mass is 10.1. The largest absolute Gasteiger partial charge is 0.372 e. The minimum atomic E-state index is -0.357. The molecule has 0 spiro atoms. The van der Waals surface area contributed by atoms with E-state index in [0.29, 0.717) is 22.8 Å². The second kappa shape index (κ2) is 17.2. The lowest BCUT2D eigenvalue weighted by molar-refractivity contribution is -0.111. The Morgan fingerprint density at radius 1 is 0.973 bits per heavy atom. The summed E-state index contributed by atoms with van der Waals surface area (Å²) >= 11 is 0. The molecule has 0 unspecified atom stereocenters. The van der Waals surface area contributed by atoms with Gasteiger partial charge in [-0.25, -0.2) is 4.99 Å². The zero-order valence-corrected chi connectivity index (χ0v) is 23.7. The highest BCUT2D eigenvalue weighted by atomic mass is 16.2. The van der Waals surface area contributed by atoms with Crippen molar-refractivity contribution in [1.29, 1.82) is 0 Å². The summed E-state index contributed by atoms with van der Waals surface area (Å²) in [5.41, 5.74) is 3.56. The molecule has 1 aromatic rings. The number of amides is 2. The Kier molecular flexibility index (Phi) is 14.7. The zero-order chi connectivity index (χ0) is 27.8. The first-order valence-electron chi connectivity index (χ1n) is 13.5. The molecular formula is C30H47N5O2. The quantitative estimate of drug-likeness (QED) is 0.0981. The number of carbonyl (C=O) groups excluding carboxylic acids is 2. The molecule has 0 radical (unpaired) electrons. The van der Waals surface area contributed by atoms with Crippen molar-refractivity contribution in [3.05, 3.63) is 60.5 Å². The third-order valence-corrected chi connectivity index (χ3v) is 5.93. The molecule has 0 bridgehead atoms. The number of aliphatic imine (C=N–C) groups is 1. The van der Waals surface area contributed by atoms with Gasteiger partial charge in [0.2, 0.25) is 5.91 Å². The summed E-state index contributed by atoms with van der Waals surface area (Å²) in [5, 5.41) is 9.17. The highest BCUT2D eigenvalue weighted by molar-refractivity contribution is 6.06. The van der Waals surface area contributed by atoms with Crippen LogP contribution < -0.4 is 16.0 Å². The van der Waals surface area contributed by atoms with E-state index in [1.807, 2.05) is 13.8 Å². The van der Waals surface area contributed by atoms with Crippen molar-refractivity contribution >= 4 is 29.0 Å². The molecular weight excluding hydrogens is 462 g/mol. The number of nitrogens with one attached hydrogen (secondary N) is 3. The second-order valence-corrected chi connectivity index (χ2v) is 9.29. The van der Waals surface area contributed by atoms with Gasteiger partial charge in [0, 0.05) is 36.6 Å². The normalized spacial score (nSPS) is 11.8. The number of hydrogen-bond acceptors (Lipinski definition) is 4. The highest BCUT2D eigenvalue weighted by Crippen LogP contribution is 2.24. The van der Waals surface area contributed by atoms with Crippen LogP contribution in [-0.2, 0) is 4.79 Å². The maximum Gasteiger partial charge on any atom is 0.251 e. The van der Waals surface area contributed by atoms with Gasteiger partial charge in [-0.2, -0.15) is 0 Å². The van der Waals surface area contributed by atoms with Gasteiger partial charge in [0.15, 0.2) is 0 Å². The predicted octanol–water partition coefficient (Wildman–Crippen LogP) is 6.88. The molecule has 1 rings (SSSR count). The van der Waals surface area contributed by atoms with Crippen LogP contribution in [0, 0.1) is 0 Å². The van der Waals surface area contributed by atoms with Crippen molar-refractivity contribution in [2.75, 3.05) is 23.7 Å². The van der Waals surface area contributed by atoms with Gasteiger partial charge in [-0.3, -0.25) is 9.59 Å². The summed E-state index contributed by atoms with van der Waals surface area (Å²) in [7, 11) is 0. The lowest BCUT2D eigenvalue weighted by Gasteiger charge is -2.26. The number of amidine groups is 1. The van der Waals surface area contributed by atoms with Crippen LogP contribution in [-0.4, -0.2) is 41.7 Å². The molecule has 0 fully saturated rings. The Labute approximate surface area is 224 Å². The van der Waals surface area contributed by atoms with Gasteiger partial charge >= 0.3 is 0 Å². The van der Waals surface area contributed by atoms with E-state index in [-0.39, 0.29) is 17.9 Å². The molecule has 0 aliphatic carbocycles. The molecule has 0 aromatic heterocycles. The zero-order valence-electron chi connectivity index (χ0n) is 23.7. The predicted molar refractivity (Wildman–Crippen MR) is 158 cm³/mol. The minimum absolute atomic E-state index is 0.135. The third kappa shape index (κ3) is 11.1. The fourth-order valence-electron chi connectivity index (χ4n) is 4.00. The van der Waals surface area contributed by atoms with Crippen molar-refractivity contribution in [3.63, 3.8) is 0 Å². The Morgan fingerprint density at radius 3 is 2.14 bits per heavy atom. The Bertz CT molecular complexity index is 968. The summed E-state index contributed by atoms with van der Waals surface area (Å²) < 4.78 is 0. The van der Waals surface area contributed by atoms with Gasteiger partial charge in [0.05, 0.1) is 11.4 Å². The first-order valence-corrected chi connectivity index (χ1v) is 13.5. The minimum Gasteiger partial charge on any atom is -0.372 e. The van der Waals surface area contributed by atoms with Crippen molar-refractivity contribution in [2.24, 2.45) is 4.99 Å². The summed E-state index contributed by atoms with van der Waals surface area (Å²) in [6.07, 6.45) is 8.99. The highest BCUT2D eigenvalue weighted by Gasteiger charge is 2.15. The van der Waals surface area contributed by atoms with Crippen molar-refractivity contribution in [3.8, 4) is 0 Å². The van der Waals surface area contributed by atoms with E-state index in [1.54, 1.807) is 24.4 Å². The smallest absolute Gasteiger partial charge is 0.251 e. The molecule has 204 valence electrons. The number of anilines is 2. The lowest BCUT2D eigenvalue weighted by Crippen LogP contribution is -2.34. The SMILES string of the molecule is C=CC(=O)Nc1cc(C(=O)NC(CCC)CCC)ccc1NC(C)=N/C=C(/C)C(=C)N(CCC)CCC. The van der Waals surface area contributed by atoms with Crippen LogP contribution in [0.4, 0.5) is 11.4 Å². The van der Waals surface area contributed by atoms with Crippen LogP contribution in [0.25, 0.3) is 0 Å². The van der Waals surface area contributed by atoms with Gasteiger partial charge in [-0.05, 0) is 69.4 Å². The number of hydrogen-bond donors (Lipinski definition) is 3. The molecule has 0 heterocycles. The molecule has 0 aliphatic heterocycles. The van der Waals surface area contributed by atoms with Gasteiger partial charge < -0.3 is 20.9 Å². The molecule has 0 atom stereocenters. The van der Waals surface area contributed by atoms with Crippen LogP contribution >= 0.6 is 0 Å². The van der Waals surface area contributed by atoms with Gasteiger partial charge in [0.25, 0.3) is 5.91 Å². The van der Waals surface area contributed by atoms with Crippen molar-refractivity contribution in [1.82, 2.24) is 10.2 Å². The van der Waals surface area contributed by atoms with E-state index < -0.39 is 0 Å². The van der Waals surface area contributed by atoms with E-state index >= 15 is 0 Å². The first kappa shape index (κ1) is 31.7. The fraction of sp³-hybridized carbons (Fsp3) is 0.500. The Balaban J connectivity index is 3.14. The molecule has 2 amide bonds. The number of nitrogens with zero attached hydrogens (tertiary/aromatic N) is 2. The third-order valence-electron chi connectivity index (χ3n) is 5.93. The van der Waals surface area contributed by atoms with Crippen molar-refractivity contribution in [2.45, 2.75) is 86.1 Å². The Hall–Kier alpha value is -3.35. The maximum atomic E-state index is 12.9. The molecule has 0 saturated heterocycles. The van der Waals surface area contributed by atoms with E-state index in [4.69, 9.17) is 0 Å². The Morgan fingerprint density at radius 2 is 1.59 bits per heavy atom. The second-order valence-electron chi connectivity index (χ2n) is 9.29. The molecule has 0 saturated carbocycles. The average molecular weight is 510 g/mol. The summed E-state index contributed by atoms with van der Waals surface area (Å²) in [6.45, 7) is 22.1. The monoisotopic (exact) mass is 509 g/mol. The molecule has 7 heteroatoms. The van der Waals surface area contributed by atoms with Crippen molar-refractivity contribution < 1.29 is 9.59 Å². The number of rotatable bonds is 16. The molecule has 3 N–H and O–H groups in total. The van der Waals surface area contributed by atoms with E-state index in [2.05, 4.69) is 66.7 Å². The van der Waals surface area contributed by atoms with Gasteiger partial charge in [0.1, 0.15) is 5.84 Å². The van der Waals surface area contributed by atoms with Gasteiger partial charge in [-0.15, -0.1) is 0 Å². The van der Waals surface area contributed by atoms with E-state index in [0.717, 1.165) is 62.9 Å². The summed E-state index contributed by atoms with van der Waals surface area (Å²) in [5.74, 6) is 0.129. The number of benzene rings is 1. The van der Waals surface area contributed by atoms with E-state index in [9.17, 15) is 9.59 Å². The van der Waals surface area contributed by atoms with Gasteiger partial charge in [-0.1, -0.05) is 53.7 Å². The summed E-state index contributed by atoms with van der Waals surface area (Å²) in [6, 6.07) is 5.34. The van der Waals surface area contributed by atoms with Crippen LogP contribution in [0.5, 0.6) is 0 Å². The molecule has 7 nitrogen and oxygen atoms in total.